The SMILES string of the molecule is Cc1ccc(NC(=O)CN2C(=O)C(=O)N(Cc3cccs3)C2=O)c(Br)c1. The molecule has 0 aliphatic carbocycles. The second-order valence-corrected chi connectivity index (χ2v) is 7.56. The molecule has 0 spiro atoms. The standard InChI is InChI=1S/C17H14BrN3O4S/c1-10-4-5-13(12(18)7-10)19-14(22)9-21-16(24)15(23)20(17(21)25)8-11-3-2-6-26-11/h2-7H,8-9H2,1H3,(H,19,22). The molecule has 1 saturated heterocycles. The maximum Gasteiger partial charge on any atom is 0.335 e. The van der Waals surface area contributed by atoms with Gasteiger partial charge in [-0.1, -0.05) is 12.1 Å². The molecule has 0 saturated carbocycles. The number of carbonyl (C=O) groups excluding carboxylic acids is 4. The smallest absolute Gasteiger partial charge is 0.323 e. The number of halogens is 1. The van der Waals surface area contributed by atoms with E-state index in [1.54, 1.807) is 18.2 Å². The minimum Gasteiger partial charge on any atom is -0.323 e. The number of anilines is 1. The average molecular weight is 436 g/mol. The molecule has 0 radical (unpaired) electrons. The lowest BCUT2D eigenvalue weighted by Crippen LogP contribution is -2.38. The maximum absolute atomic E-state index is 12.4. The molecule has 7 nitrogen and oxygen atoms in total. The van der Waals surface area contributed by atoms with Gasteiger partial charge < -0.3 is 5.32 Å². The van der Waals surface area contributed by atoms with Crippen molar-refractivity contribution in [1.29, 1.82) is 0 Å². The van der Waals surface area contributed by atoms with Crippen LogP contribution in [-0.2, 0) is 20.9 Å². The molecule has 0 atom stereocenters. The lowest BCUT2D eigenvalue weighted by Gasteiger charge is -2.15. The van der Waals surface area contributed by atoms with E-state index >= 15 is 0 Å². The number of nitrogens with one attached hydrogen (secondary N) is 1. The number of amides is 5. The van der Waals surface area contributed by atoms with Crippen LogP contribution in [0.25, 0.3) is 0 Å². The van der Waals surface area contributed by atoms with Crippen LogP contribution in [-0.4, -0.2) is 40.1 Å². The summed E-state index contributed by atoms with van der Waals surface area (Å²) < 4.78 is 0.681. The predicted octanol–water partition coefficient (Wildman–Crippen LogP) is 2.75. The first-order chi connectivity index (χ1) is 12.4. The summed E-state index contributed by atoms with van der Waals surface area (Å²) in [6, 6.07) is 8.12. The van der Waals surface area contributed by atoms with Gasteiger partial charge in [0.15, 0.2) is 0 Å². The highest BCUT2D eigenvalue weighted by Crippen LogP contribution is 2.24. The summed E-state index contributed by atoms with van der Waals surface area (Å²) >= 11 is 4.72. The summed E-state index contributed by atoms with van der Waals surface area (Å²) in [5.41, 5.74) is 1.52. The minimum atomic E-state index is -0.996. The van der Waals surface area contributed by atoms with Crippen LogP contribution in [0.4, 0.5) is 10.5 Å². The Morgan fingerprint density at radius 1 is 1.15 bits per heavy atom. The third-order valence-corrected chi connectivity index (χ3v) is 5.25. The summed E-state index contributed by atoms with van der Waals surface area (Å²) in [6.45, 7) is 1.40. The van der Waals surface area contributed by atoms with E-state index < -0.39 is 30.3 Å². The molecule has 2 aromatic rings. The third-order valence-electron chi connectivity index (χ3n) is 3.73. The molecule has 0 unspecified atom stereocenters. The molecule has 26 heavy (non-hydrogen) atoms. The number of nitrogens with zero attached hydrogens (tertiary/aromatic N) is 2. The molecule has 1 aliphatic heterocycles. The van der Waals surface area contributed by atoms with Crippen LogP contribution < -0.4 is 5.32 Å². The van der Waals surface area contributed by atoms with Gasteiger partial charge >= 0.3 is 17.8 Å². The molecular formula is C17H14BrN3O4S. The average Bonchev–Trinajstić information content (AvgIpc) is 3.17. The first-order valence-electron chi connectivity index (χ1n) is 7.62. The molecule has 2 heterocycles. The Bertz CT molecular complexity index is 897. The second kappa shape index (κ2) is 7.38. The Kier molecular flexibility index (Phi) is 5.19. The van der Waals surface area contributed by atoms with Crippen molar-refractivity contribution in [2.75, 3.05) is 11.9 Å². The zero-order valence-electron chi connectivity index (χ0n) is 13.7. The first-order valence-corrected chi connectivity index (χ1v) is 9.30. The van der Waals surface area contributed by atoms with Crippen molar-refractivity contribution < 1.29 is 19.2 Å². The monoisotopic (exact) mass is 435 g/mol. The summed E-state index contributed by atoms with van der Waals surface area (Å²) in [4.78, 5) is 51.0. The maximum atomic E-state index is 12.4. The zero-order chi connectivity index (χ0) is 18.8. The van der Waals surface area contributed by atoms with Crippen LogP contribution in [0.5, 0.6) is 0 Å². The van der Waals surface area contributed by atoms with Gasteiger partial charge in [0, 0.05) is 9.35 Å². The van der Waals surface area contributed by atoms with E-state index in [0.29, 0.717) is 15.1 Å². The lowest BCUT2D eigenvalue weighted by atomic mass is 10.2. The van der Waals surface area contributed by atoms with Gasteiger partial charge in [0.1, 0.15) is 6.54 Å². The van der Waals surface area contributed by atoms with E-state index in [-0.39, 0.29) is 6.54 Å². The number of aryl methyl sites for hydroxylation is 1. The van der Waals surface area contributed by atoms with Gasteiger partial charge in [0.2, 0.25) is 5.91 Å². The molecule has 1 N–H and O–H groups in total. The van der Waals surface area contributed by atoms with E-state index in [4.69, 9.17) is 0 Å². The van der Waals surface area contributed by atoms with Crippen molar-refractivity contribution in [3.8, 4) is 0 Å². The number of benzene rings is 1. The predicted molar refractivity (Wildman–Crippen MR) is 99.5 cm³/mol. The Labute approximate surface area is 161 Å². The normalized spacial score (nSPS) is 14.3. The molecular weight excluding hydrogens is 422 g/mol. The molecule has 9 heteroatoms. The van der Waals surface area contributed by atoms with Crippen molar-refractivity contribution in [2.45, 2.75) is 13.5 Å². The number of hydrogen-bond donors (Lipinski definition) is 1. The summed E-state index contributed by atoms with van der Waals surface area (Å²) in [5.74, 6) is -2.49. The molecule has 1 aliphatic rings. The van der Waals surface area contributed by atoms with Gasteiger partial charge in [-0.2, -0.15) is 0 Å². The highest BCUT2D eigenvalue weighted by atomic mass is 79.9. The fourth-order valence-electron chi connectivity index (χ4n) is 2.44. The highest BCUT2D eigenvalue weighted by Gasteiger charge is 2.45. The van der Waals surface area contributed by atoms with Crippen LogP contribution >= 0.6 is 27.3 Å². The Hall–Kier alpha value is -2.52. The Balaban J connectivity index is 1.68. The Morgan fingerprint density at radius 3 is 2.54 bits per heavy atom. The van der Waals surface area contributed by atoms with Crippen molar-refractivity contribution in [3.63, 3.8) is 0 Å². The Morgan fingerprint density at radius 2 is 1.88 bits per heavy atom. The van der Waals surface area contributed by atoms with Gasteiger partial charge in [-0.3, -0.25) is 19.3 Å². The molecule has 1 fully saturated rings. The largest absolute Gasteiger partial charge is 0.335 e. The molecule has 0 bridgehead atoms. The topological polar surface area (TPSA) is 86.8 Å². The summed E-state index contributed by atoms with van der Waals surface area (Å²) in [7, 11) is 0. The molecule has 134 valence electrons. The quantitative estimate of drug-likeness (QED) is 0.577. The number of thiophene rings is 1. The summed E-state index contributed by atoms with van der Waals surface area (Å²) in [5, 5.41) is 4.43. The van der Waals surface area contributed by atoms with Gasteiger partial charge in [-0.05, 0) is 52.0 Å². The van der Waals surface area contributed by atoms with Crippen molar-refractivity contribution >= 4 is 56.7 Å². The van der Waals surface area contributed by atoms with Gasteiger partial charge in [0.25, 0.3) is 0 Å². The van der Waals surface area contributed by atoms with E-state index in [9.17, 15) is 19.2 Å². The molecule has 3 rings (SSSR count). The van der Waals surface area contributed by atoms with Crippen molar-refractivity contribution in [2.24, 2.45) is 0 Å². The number of hydrogen-bond acceptors (Lipinski definition) is 5. The number of imide groups is 2. The van der Waals surface area contributed by atoms with Gasteiger partial charge in [-0.25, -0.2) is 9.69 Å². The van der Waals surface area contributed by atoms with Crippen molar-refractivity contribution in [1.82, 2.24) is 9.80 Å². The van der Waals surface area contributed by atoms with Crippen molar-refractivity contribution in [3.05, 3.63) is 50.6 Å². The van der Waals surface area contributed by atoms with Gasteiger partial charge in [0.05, 0.1) is 12.2 Å². The van der Waals surface area contributed by atoms with Crippen LogP contribution in [0.2, 0.25) is 0 Å². The van der Waals surface area contributed by atoms with Crippen LogP contribution in [0.1, 0.15) is 10.4 Å². The number of rotatable bonds is 5. The molecule has 1 aromatic heterocycles. The zero-order valence-corrected chi connectivity index (χ0v) is 16.1. The van der Waals surface area contributed by atoms with E-state index in [2.05, 4.69) is 21.2 Å². The van der Waals surface area contributed by atoms with E-state index in [0.717, 1.165) is 15.3 Å². The fraction of sp³-hybridized carbons (Fsp3) is 0.176. The van der Waals surface area contributed by atoms with Crippen LogP contribution in [0.15, 0.2) is 40.2 Å². The van der Waals surface area contributed by atoms with Crippen LogP contribution in [0.3, 0.4) is 0 Å². The number of urea groups is 1. The lowest BCUT2D eigenvalue weighted by molar-refractivity contribution is -0.143. The molecule has 1 aromatic carbocycles. The third kappa shape index (κ3) is 3.68. The minimum absolute atomic E-state index is 0.0166. The van der Waals surface area contributed by atoms with Gasteiger partial charge in [-0.15, -0.1) is 11.3 Å². The first kappa shape index (κ1) is 18.3. The molecule has 5 amide bonds. The van der Waals surface area contributed by atoms with Crippen LogP contribution in [0, 0.1) is 6.92 Å². The fourth-order valence-corrected chi connectivity index (χ4v) is 3.73. The highest BCUT2D eigenvalue weighted by molar-refractivity contribution is 9.10. The number of carbonyl (C=O) groups is 4. The van der Waals surface area contributed by atoms with E-state index in [1.807, 2.05) is 24.4 Å². The van der Waals surface area contributed by atoms with E-state index in [1.165, 1.54) is 11.3 Å². The second-order valence-electron chi connectivity index (χ2n) is 5.68. The summed E-state index contributed by atoms with van der Waals surface area (Å²) in [6.07, 6.45) is 0.